The topological polar surface area (TPSA) is 67.9 Å². The van der Waals surface area contributed by atoms with Gasteiger partial charge in [0.2, 0.25) is 11.8 Å². The van der Waals surface area contributed by atoms with Crippen molar-refractivity contribution < 1.29 is 19.1 Å². The molecular weight excluding hydrogens is 380 g/mol. The number of methoxy groups -OCH3 is 2. The third-order valence-corrected chi connectivity index (χ3v) is 7.31. The standard InChI is InChI=1S/C24H36N2O4/c1-16-7-6-8-19(17(16)2)25-23(28)24(3)13-11-22(27)26(24)14-12-18-9-10-20(29-4)21(15-18)30-5/h9-10,15-17,19H,6-8,11-14H2,1-5H3,(H,25,28)/t16-,17-,19+,24+/m0/s1. The highest BCUT2D eigenvalue weighted by molar-refractivity contribution is 5.94. The molecule has 30 heavy (non-hydrogen) atoms. The molecule has 1 heterocycles. The van der Waals surface area contributed by atoms with Gasteiger partial charge in [0.25, 0.3) is 0 Å². The molecule has 166 valence electrons. The van der Waals surface area contributed by atoms with E-state index >= 15 is 0 Å². The van der Waals surface area contributed by atoms with E-state index in [4.69, 9.17) is 9.47 Å². The number of carbonyl (C=O) groups excluding carboxylic acids is 2. The Kier molecular flexibility index (Phi) is 6.94. The number of hydrogen-bond acceptors (Lipinski definition) is 4. The van der Waals surface area contributed by atoms with Crippen LogP contribution in [0.5, 0.6) is 11.5 Å². The van der Waals surface area contributed by atoms with E-state index in [9.17, 15) is 9.59 Å². The van der Waals surface area contributed by atoms with Gasteiger partial charge in [0.1, 0.15) is 5.54 Å². The SMILES string of the molecule is COc1ccc(CCN2C(=O)CC[C@]2(C)C(=O)N[C@@H]2CCC[C@H](C)[C@@H]2C)cc1OC. The number of benzene rings is 1. The first-order chi connectivity index (χ1) is 14.3. The molecule has 2 amide bonds. The van der Waals surface area contributed by atoms with E-state index in [1.165, 1.54) is 6.42 Å². The number of carbonyl (C=O) groups is 2. The molecule has 0 aromatic heterocycles. The number of amides is 2. The predicted octanol–water partition coefficient (Wildman–Crippen LogP) is 3.57. The van der Waals surface area contributed by atoms with E-state index in [1.54, 1.807) is 19.1 Å². The van der Waals surface area contributed by atoms with Gasteiger partial charge in [-0.25, -0.2) is 0 Å². The summed E-state index contributed by atoms with van der Waals surface area (Å²) in [7, 11) is 3.22. The van der Waals surface area contributed by atoms with E-state index in [0.717, 1.165) is 18.4 Å². The minimum absolute atomic E-state index is 0.00777. The summed E-state index contributed by atoms with van der Waals surface area (Å²) in [5.41, 5.74) is 0.262. The molecule has 2 aliphatic rings. The lowest BCUT2D eigenvalue weighted by molar-refractivity contribution is -0.141. The number of nitrogens with one attached hydrogen (secondary N) is 1. The van der Waals surface area contributed by atoms with Gasteiger partial charge < -0.3 is 19.7 Å². The fraction of sp³-hybridized carbons (Fsp3) is 0.667. The summed E-state index contributed by atoms with van der Waals surface area (Å²) in [5.74, 6) is 2.47. The molecule has 6 nitrogen and oxygen atoms in total. The Hall–Kier alpha value is -2.24. The summed E-state index contributed by atoms with van der Waals surface area (Å²) in [5, 5.41) is 3.29. The summed E-state index contributed by atoms with van der Waals surface area (Å²) >= 11 is 0. The summed E-state index contributed by atoms with van der Waals surface area (Å²) in [6, 6.07) is 5.98. The summed E-state index contributed by atoms with van der Waals surface area (Å²) in [4.78, 5) is 27.7. The van der Waals surface area contributed by atoms with Crippen LogP contribution >= 0.6 is 0 Å². The Bertz CT molecular complexity index is 780. The molecule has 0 radical (unpaired) electrons. The maximum absolute atomic E-state index is 13.3. The van der Waals surface area contributed by atoms with Crippen molar-refractivity contribution in [3.8, 4) is 11.5 Å². The van der Waals surface area contributed by atoms with E-state index in [0.29, 0.717) is 49.1 Å². The van der Waals surface area contributed by atoms with Gasteiger partial charge in [0, 0.05) is 19.0 Å². The van der Waals surface area contributed by atoms with Crippen molar-refractivity contribution in [3.05, 3.63) is 23.8 Å². The van der Waals surface area contributed by atoms with Crippen molar-refractivity contribution in [2.75, 3.05) is 20.8 Å². The maximum Gasteiger partial charge on any atom is 0.245 e. The molecule has 1 aromatic carbocycles. The maximum atomic E-state index is 13.3. The van der Waals surface area contributed by atoms with Gasteiger partial charge in [-0.3, -0.25) is 9.59 Å². The van der Waals surface area contributed by atoms with Crippen LogP contribution < -0.4 is 14.8 Å². The van der Waals surface area contributed by atoms with Crippen LogP contribution in [0.15, 0.2) is 18.2 Å². The highest BCUT2D eigenvalue weighted by Crippen LogP contribution is 2.34. The average Bonchev–Trinajstić information content (AvgIpc) is 3.04. The molecule has 1 aliphatic heterocycles. The Morgan fingerprint density at radius 1 is 1.20 bits per heavy atom. The second kappa shape index (κ2) is 9.27. The molecule has 3 rings (SSSR count). The molecule has 1 aromatic rings. The number of rotatable bonds is 7. The fourth-order valence-corrected chi connectivity index (χ4v) is 4.89. The van der Waals surface area contributed by atoms with Gasteiger partial charge in [-0.15, -0.1) is 0 Å². The molecular formula is C24H36N2O4. The molecule has 2 fully saturated rings. The van der Waals surface area contributed by atoms with E-state index in [1.807, 2.05) is 25.1 Å². The average molecular weight is 417 g/mol. The first-order valence-corrected chi connectivity index (χ1v) is 11.1. The van der Waals surface area contributed by atoms with Gasteiger partial charge in [0.15, 0.2) is 11.5 Å². The molecule has 0 unspecified atom stereocenters. The van der Waals surface area contributed by atoms with Crippen LogP contribution in [0.25, 0.3) is 0 Å². The van der Waals surface area contributed by atoms with Crippen LogP contribution in [0.4, 0.5) is 0 Å². The molecule has 4 atom stereocenters. The highest BCUT2D eigenvalue weighted by Gasteiger charge is 2.47. The summed E-state index contributed by atoms with van der Waals surface area (Å²) in [6.45, 7) is 6.92. The molecule has 0 bridgehead atoms. The second-order valence-electron chi connectivity index (χ2n) is 9.11. The molecule has 0 spiro atoms. The van der Waals surface area contributed by atoms with Crippen molar-refractivity contribution in [1.29, 1.82) is 0 Å². The third kappa shape index (κ3) is 4.42. The number of likely N-dealkylation sites (tertiary alicyclic amines) is 1. The zero-order chi connectivity index (χ0) is 21.9. The van der Waals surface area contributed by atoms with Crippen LogP contribution in [-0.2, 0) is 16.0 Å². The summed E-state index contributed by atoms with van der Waals surface area (Å²) < 4.78 is 10.7. The Balaban J connectivity index is 1.69. The lowest BCUT2D eigenvalue weighted by Gasteiger charge is -2.39. The van der Waals surface area contributed by atoms with Gasteiger partial charge in [-0.1, -0.05) is 32.8 Å². The molecule has 1 saturated carbocycles. The largest absolute Gasteiger partial charge is 0.493 e. The van der Waals surface area contributed by atoms with Gasteiger partial charge >= 0.3 is 0 Å². The lowest BCUT2D eigenvalue weighted by Crippen LogP contribution is -2.58. The van der Waals surface area contributed by atoms with E-state index in [-0.39, 0.29) is 17.9 Å². The number of nitrogens with zero attached hydrogens (tertiary/aromatic N) is 1. The normalized spacial score (nSPS) is 29.0. The quantitative estimate of drug-likeness (QED) is 0.738. The molecule has 1 aliphatic carbocycles. The fourth-order valence-electron chi connectivity index (χ4n) is 4.89. The number of ether oxygens (including phenoxy) is 2. The smallest absolute Gasteiger partial charge is 0.245 e. The van der Waals surface area contributed by atoms with Gasteiger partial charge in [-0.2, -0.15) is 0 Å². The third-order valence-electron chi connectivity index (χ3n) is 7.31. The molecule has 6 heteroatoms. The Morgan fingerprint density at radius 2 is 1.93 bits per heavy atom. The first-order valence-electron chi connectivity index (χ1n) is 11.1. The zero-order valence-electron chi connectivity index (χ0n) is 19.0. The van der Waals surface area contributed by atoms with Crippen molar-refractivity contribution in [2.45, 2.75) is 70.9 Å². The van der Waals surface area contributed by atoms with Gasteiger partial charge in [-0.05, 0) is 55.7 Å². The van der Waals surface area contributed by atoms with Crippen LogP contribution in [0.2, 0.25) is 0 Å². The summed E-state index contributed by atoms with van der Waals surface area (Å²) in [6.07, 6.45) is 5.04. The van der Waals surface area contributed by atoms with Crippen LogP contribution in [-0.4, -0.2) is 49.1 Å². The van der Waals surface area contributed by atoms with E-state index in [2.05, 4.69) is 19.2 Å². The minimum Gasteiger partial charge on any atom is -0.493 e. The second-order valence-corrected chi connectivity index (χ2v) is 9.11. The molecule has 1 saturated heterocycles. The van der Waals surface area contributed by atoms with E-state index < -0.39 is 5.54 Å². The lowest BCUT2D eigenvalue weighted by atomic mass is 9.77. The zero-order valence-corrected chi connectivity index (χ0v) is 19.0. The Morgan fingerprint density at radius 3 is 2.63 bits per heavy atom. The predicted molar refractivity (Wildman–Crippen MR) is 117 cm³/mol. The monoisotopic (exact) mass is 416 g/mol. The van der Waals surface area contributed by atoms with Crippen LogP contribution in [0.1, 0.15) is 58.4 Å². The number of hydrogen-bond donors (Lipinski definition) is 1. The van der Waals surface area contributed by atoms with Crippen molar-refractivity contribution in [3.63, 3.8) is 0 Å². The van der Waals surface area contributed by atoms with Crippen LogP contribution in [0, 0.1) is 11.8 Å². The van der Waals surface area contributed by atoms with Crippen molar-refractivity contribution in [1.82, 2.24) is 10.2 Å². The van der Waals surface area contributed by atoms with Gasteiger partial charge in [0.05, 0.1) is 14.2 Å². The Labute approximate surface area is 180 Å². The van der Waals surface area contributed by atoms with Crippen molar-refractivity contribution in [2.24, 2.45) is 11.8 Å². The van der Waals surface area contributed by atoms with Crippen molar-refractivity contribution >= 4 is 11.8 Å². The molecule has 1 N–H and O–H groups in total. The first kappa shape index (κ1) is 22.4. The minimum atomic E-state index is -0.784. The highest BCUT2D eigenvalue weighted by atomic mass is 16.5. The van der Waals surface area contributed by atoms with Crippen LogP contribution in [0.3, 0.4) is 0 Å².